The minimum atomic E-state index is -3.60. The normalized spacial score (nSPS) is 11.7. The molecule has 2 rings (SSSR count). The zero-order valence-corrected chi connectivity index (χ0v) is 12.9. The Labute approximate surface area is 125 Å². The molecule has 0 saturated heterocycles. The predicted molar refractivity (Wildman–Crippen MR) is 84.8 cm³/mol. The lowest BCUT2D eigenvalue weighted by Crippen LogP contribution is -2.26. The van der Waals surface area contributed by atoms with E-state index in [-0.39, 0.29) is 11.4 Å². The van der Waals surface area contributed by atoms with Gasteiger partial charge in [0, 0.05) is 0 Å². The van der Waals surface area contributed by atoms with E-state index in [1.165, 1.54) is 0 Å². The molecule has 110 valence electrons. The van der Waals surface area contributed by atoms with Crippen LogP contribution in [0.4, 0.5) is 0 Å². The summed E-state index contributed by atoms with van der Waals surface area (Å²) in [6.45, 7) is 3.95. The van der Waals surface area contributed by atoms with Crippen LogP contribution in [0.5, 0.6) is 0 Å². The Morgan fingerprint density at radius 2 is 1.67 bits per heavy atom. The fourth-order valence-corrected chi connectivity index (χ4v) is 3.05. The summed E-state index contributed by atoms with van der Waals surface area (Å²) in [5.41, 5.74) is 1.87. The van der Waals surface area contributed by atoms with Crippen molar-refractivity contribution < 1.29 is 8.42 Å². The highest BCUT2D eigenvalue weighted by atomic mass is 32.2. The van der Waals surface area contributed by atoms with Crippen LogP contribution in [0.1, 0.15) is 18.1 Å². The minimum absolute atomic E-state index is 0.250. The molecule has 0 fully saturated rings. The van der Waals surface area contributed by atoms with Crippen molar-refractivity contribution in [3.8, 4) is 0 Å². The van der Waals surface area contributed by atoms with E-state index in [0.717, 1.165) is 15.5 Å². The van der Waals surface area contributed by atoms with Crippen LogP contribution in [0.15, 0.2) is 64.6 Å². The van der Waals surface area contributed by atoms with Crippen LogP contribution in [0.25, 0.3) is 0 Å². The molecule has 0 atom stereocenters. The van der Waals surface area contributed by atoms with Crippen molar-refractivity contribution in [3.05, 3.63) is 65.7 Å². The van der Waals surface area contributed by atoms with Gasteiger partial charge in [0.15, 0.2) is 0 Å². The minimum Gasteiger partial charge on any atom is -0.200 e. The van der Waals surface area contributed by atoms with Gasteiger partial charge < -0.3 is 0 Å². The third-order valence-electron chi connectivity index (χ3n) is 3.00. The predicted octanol–water partition coefficient (Wildman–Crippen LogP) is 3.04. The SMILES string of the molecule is CCN(/N=C/c1ccccc1)S(=O)(=O)c1ccc(C)cc1. The number of hydrogen-bond donors (Lipinski definition) is 0. The second-order valence-electron chi connectivity index (χ2n) is 4.61. The van der Waals surface area contributed by atoms with Crippen molar-refractivity contribution in [2.24, 2.45) is 5.10 Å². The Morgan fingerprint density at radius 1 is 1.05 bits per heavy atom. The van der Waals surface area contributed by atoms with Gasteiger partial charge in [-0.15, -0.1) is 0 Å². The molecule has 0 N–H and O–H groups in total. The summed E-state index contributed by atoms with van der Waals surface area (Å²) in [5, 5.41) is 4.10. The molecule has 21 heavy (non-hydrogen) atoms. The van der Waals surface area contributed by atoms with Crippen LogP contribution >= 0.6 is 0 Å². The molecule has 0 radical (unpaired) electrons. The first-order chi connectivity index (χ1) is 10.0. The molecule has 0 amide bonds. The van der Waals surface area contributed by atoms with Crippen LogP contribution in [0, 0.1) is 6.92 Å². The maximum absolute atomic E-state index is 12.5. The molecular weight excluding hydrogens is 284 g/mol. The molecule has 5 heteroatoms. The highest BCUT2D eigenvalue weighted by Gasteiger charge is 2.20. The summed E-state index contributed by atoms with van der Waals surface area (Å²) in [7, 11) is -3.60. The van der Waals surface area contributed by atoms with Gasteiger partial charge >= 0.3 is 0 Å². The van der Waals surface area contributed by atoms with Crippen LogP contribution in [0.2, 0.25) is 0 Å². The van der Waals surface area contributed by atoms with Crippen molar-refractivity contribution in [2.75, 3.05) is 6.54 Å². The smallest absolute Gasteiger partial charge is 0.200 e. The van der Waals surface area contributed by atoms with Crippen LogP contribution in [-0.2, 0) is 10.0 Å². The number of hydrogen-bond acceptors (Lipinski definition) is 3. The van der Waals surface area contributed by atoms with E-state index in [2.05, 4.69) is 5.10 Å². The van der Waals surface area contributed by atoms with Crippen molar-refractivity contribution in [1.82, 2.24) is 4.41 Å². The summed E-state index contributed by atoms with van der Waals surface area (Å²) < 4.78 is 26.1. The number of hydrazone groups is 1. The van der Waals surface area contributed by atoms with E-state index in [1.54, 1.807) is 37.4 Å². The third kappa shape index (κ3) is 3.70. The van der Waals surface area contributed by atoms with Gasteiger partial charge in [-0.25, -0.2) is 0 Å². The van der Waals surface area contributed by atoms with E-state index in [0.29, 0.717) is 0 Å². The topological polar surface area (TPSA) is 49.7 Å². The largest absolute Gasteiger partial charge is 0.278 e. The van der Waals surface area contributed by atoms with Gasteiger partial charge in [-0.2, -0.15) is 17.9 Å². The molecule has 0 aromatic heterocycles. The Bertz CT molecular complexity index is 708. The molecule has 0 heterocycles. The standard InChI is InChI=1S/C16H18N2O2S/c1-3-18(17-13-15-7-5-4-6-8-15)21(19,20)16-11-9-14(2)10-12-16/h4-13H,3H2,1-2H3/b17-13+. The van der Waals surface area contributed by atoms with Gasteiger partial charge in [-0.3, -0.25) is 0 Å². The summed E-state index contributed by atoms with van der Waals surface area (Å²) in [6, 6.07) is 16.2. The number of aryl methyl sites for hydroxylation is 1. The average molecular weight is 302 g/mol. The molecule has 2 aromatic rings. The Hall–Kier alpha value is -2.14. The van der Waals surface area contributed by atoms with E-state index in [4.69, 9.17) is 0 Å². The molecule has 0 aliphatic rings. The first kappa shape index (κ1) is 15.3. The zero-order chi connectivity index (χ0) is 15.3. The van der Waals surface area contributed by atoms with Crippen LogP contribution < -0.4 is 0 Å². The molecule has 0 aliphatic heterocycles. The Balaban J connectivity index is 2.28. The fourth-order valence-electron chi connectivity index (χ4n) is 1.82. The van der Waals surface area contributed by atoms with Crippen LogP contribution in [-0.4, -0.2) is 25.6 Å². The highest BCUT2D eigenvalue weighted by Crippen LogP contribution is 2.16. The lowest BCUT2D eigenvalue weighted by Gasteiger charge is -2.17. The molecule has 0 saturated carbocycles. The number of benzene rings is 2. The number of rotatable bonds is 5. The van der Waals surface area contributed by atoms with Gasteiger partial charge in [-0.1, -0.05) is 48.0 Å². The molecule has 0 aliphatic carbocycles. The first-order valence-corrected chi connectivity index (χ1v) is 8.16. The Kier molecular flexibility index (Phi) is 4.75. The van der Waals surface area contributed by atoms with Gasteiger partial charge in [0.25, 0.3) is 10.0 Å². The van der Waals surface area contributed by atoms with Gasteiger partial charge in [0.2, 0.25) is 0 Å². The molecular formula is C16H18N2O2S. The highest BCUT2D eigenvalue weighted by molar-refractivity contribution is 7.89. The molecule has 4 nitrogen and oxygen atoms in total. The van der Waals surface area contributed by atoms with E-state index >= 15 is 0 Å². The molecule has 0 unspecified atom stereocenters. The van der Waals surface area contributed by atoms with Crippen molar-refractivity contribution in [2.45, 2.75) is 18.7 Å². The van der Waals surface area contributed by atoms with Crippen molar-refractivity contribution in [1.29, 1.82) is 0 Å². The monoisotopic (exact) mass is 302 g/mol. The summed E-state index contributed by atoms with van der Waals surface area (Å²) in [5.74, 6) is 0. The molecule has 0 bridgehead atoms. The Morgan fingerprint density at radius 3 is 2.24 bits per heavy atom. The quantitative estimate of drug-likeness (QED) is 0.629. The van der Waals surface area contributed by atoms with Crippen molar-refractivity contribution in [3.63, 3.8) is 0 Å². The van der Waals surface area contributed by atoms with E-state index in [9.17, 15) is 8.42 Å². The lowest BCUT2D eigenvalue weighted by atomic mass is 10.2. The number of sulfonamides is 1. The second kappa shape index (κ2) is 6.54. The summed E-state index contributed by atoms with van der Waals surface area (Å²) in [4.78, 5) is 0.250. The third-order valence-corrected chi connectivity index (χ3v) is 4.78. The lowest BCUT2D eigenvalue weighted by molar-refractivity contribution is 0.449. The molecule has 0 spiro atoms. The maximum atomic E-state index is 12.5. The first-order valence-electron chi connectivity index (χ1n) is 6.72. The summed E-state index contributed by atoms with van der Waals surface area (Å²) in [6.07, 6.45) is 1.55. The fraction of sp³-hybridized carbons (Fsp3) is 0.188. The summed E-state index contributed by atoms with van der Waals surface area (Å²) >= 11 is 0. The van der Waals surface area contributed by atoms with Crippen molar-refractivity contribution >= 4 is 16.2 Å². The average Bonchev–Trinajstić information content (AvgIpc) is 2.49. The second-order valence-corrected chi connectivity index (χ2v) is 6.45. The van der Waals surface area contributed by atoms with Gasteiger partial charge in [0.05, 0.1) is 17.7 Å². The maximum Gasteiger partial charge on any atom is 0.278 e. The number of nitrogens with zero attached hydrogens (tertiary/aromatic N) is 2. The molecule has 2 aromatic carbocycles. The van der Waals surface area contributed by atoms with E-state index in [1.807, 2.05) is 37.3 Å². The zero-order valence-electron chi connectivity index (χ0n) is 12.1. The van der Waals surface area contributed by atoms with E-state index < -0.39 is 10.0 Å². The van der Waals surface area contributed by atoms with Gasteiger partial charge in [-0.05, 0) is 31.5 Å². The van der Waals surface area contributed by atoms with Crippen LogP contribution in [0.3, 0.4) is 0 Å². The van der Waals surface area contributed by atoms with Gasteiger partial charge in [0.1, 0.15) is 0 Å².